The molecule has 2 saturated heterocycles. The Morgan fingerprint density at radius 1 is 1.10 bits per heavy atom. The van der Waals surface area contributed by atoms with E-state index in [0.29, 0.717) is 16.4 Å². The molecule has 3 aliphatic rings. The number of piperazine rings is 1. The highest BCUT2D eigenvalue weighted by atomic mass is 32.1. The summed E-state index contributed by atoms with van der Waals surface area (Å²) in [6, 6.07) is 5.35. The number of carbonyl (C=O) groups excluding carboxylic acids is 2. The van der Waals surface area contributed by atoms with Crippen molar-refractivity contribution in [2.45, 2.75) is 45.3 Å². The van der Waals surface area contributed by atoms with Crippen LogP contribution in [0.3, 0.4) is 0 Å². The lowest BCUT2D eigenvalue weighted by molar-refractivity contribution is -0.123. The van der Waals surface area contributed by atoms with Crippen LogP contribution in [0.1, 0.15) is 49.0 Å². The summed E-state index contributed by atoms with van der Waals surface area (Å²) in [5.41, 5.74) is 1.39. The van der Waals surface area contributed by atoms with Gasteiger partial charge in [0.05, 0.1) is 11.3 Å². The molecule has 3 aliphatic heterocycles. The van der Waals surface area contributed by atoms with Gasteiger partial charge in [-0.1, -0.05) is 6.42 Å². The Labute approximate surface area is 183 Å². The number of benzene rings is 1. The molecule has 8 heteroatoms. The van der Waals surface area contributed by atoms with Crippen LogP contribution in [0.4, 0.5) is 5.69 Å². The molecule has 1 N–H and O–H groups in total. The highest BCUT2D eigenvalue weighted by Gasteiger charge is 2.49. The lowest BCUT2D eigenvalue weighted by Gasteiger charge is -2.30. The number of ether oxygens (including phenoxy) is 1. The van der Waals surface area contributed by atoms with Crippen molar-refractivity contribution in [3.05, 3.63) is 29.3 Å². The Morgan fingerprint density at radius 2 is 1.83 bits per heavy atom. The fraction of sp³-hybridized carbons (Fsp3) is 0.591. The molecular weight excluding hydrogens is 400 g/mol. The first kappa shape index (κ1) is 21.2. The van der Waals surface area contributed by atoms with E-state index in [0.717, 1.165) is 64.1 Å². The first-order valence-electron chi connectivity index (χ1n) is 10.8. The third-order valence-electron chi connectivity index (χ3n) is 6.31. The molecule has 4 rings (SSSR count). The minimum Gasteiger partial charge on any atom is -0.457 e. The molecule has 1 aromatic carbocycles. The van der Waals surface area contributed by atoms with Crippen molar-refractivity contribution in [1.29, 1.82) is 0 Å². The van der Waals surface area contributed by atoms with Gasteiger partial charge >= 0.3 is 5.97 Å². The van der Waals surface area contributed by atoms with Gasteiger partial charge in [-0.05, 0) is 63.7 Å². The van der Waals surface area contributed by atoms with Gasteiger partial charge in [0.1, 0.15) is 12.1 Å². The van der Waals surface area contributed by atoms with Gasteiger partial charge in [-0.2, -0.15) is 0 Å². The van der Waals surface area contributed by atoms with Crippen molar-refractivity contribution in [3.8, 4) is 0 Å². The Morgan fingerprint density at radius 3 is 2.60 bits per heavy atom. The molecule has 0 bridgehead atoms. The summed E-state index contributed by atoms with van der Waals surface area (Å²) >= 11 is 5.72. The van der Waals surface area contributed by atoms with Crippen molar-refractivity contribution in [3.63, 3.8) is 0 Å². The number of fused-ring (bicyclic) bond motifs is 1. The van der Waals surface area contributed by atoms with Gasteiger partial charge in [0, 0.05) is 38.3 Å². The summed E-state index contributed by atoms with van der Waals surface area (Å²) in [6.45, 7) is 10.4. The molecule has 0 saturated carbocycles. The lowest BCUT2D eigenvalue weighted by Crippen LogP contribution is -2.44. The Balaban J connectivity index is 1.37. The number of anilines is 1. The number of nitrogens with zero attached hydrogens (tertiary/aromatic N) is 3. The van der Waals surface area contributed by atoms with Crippen LogP contribution in [0.5, 0.6) is 0 Å². The molecule has 0 atom stereocenters. The zero-order valence-electron chi connectivity index (χ0n) is 17.8. The standard InChI is InChI=1S/C22H30N4O3S/c1-22(2)20(28)26(17-6-7-18-16(14-17)15-29-19(18)27)21(30)25(22)11-5-3-4-10-24-12-8-23-9-13-24/h6-7,14,23H,3-5,8-13,15H2,1-2H3. The van der Waals surface area contributed by atoms with E-state index in [9.17, 15) is 9.59 Å². The summed E-state index contributed by atoms with van der Waals surface area (Å²) < 4.78 is 5.08. The molecule has 7 nitrogen and oxygen atoms in total. The van der Waals surface area contributed by atoms with Crippen molar-refractivity contribution in [2.24, 2.45) is 0 Å². The second-order valence-electron chi connectivity index (χ2n) is 8.70. The average molecular weight is 431 g/mol. The van der Waals surface area contributed by atoms with E-state index in [2.05, 4.69) is 10.2 Å². The molecule has 0 unspecified atom stereocenters. The molecule has 1 amide bonds. The predicted octanol–water partition coefficient (Wildman–Crippen LogP) is 2.14. The van der Waals surface area contributed by atoms with Gasteiger partial charge < -0.3 is 19.9 Å². The third-order valence-corrected chi connectivity index (χ3v) is 6.72. The molecule has 2 fully saturated rings. The number of unbranched alkanes of at least 4 members (excludes halogenated alkanes) is 2. The van der Waals surface area contributed by atoms with Crippen molar-refractivity contribution >= 4 is 34.9 Å². The van der Waals surface area contributed by atoms with E-state index in [1.54, 1.807) is 17.0 Å². The zero-order chi connectivity index (χ0) is 21.3. The summed E-state index contributed by atoms with van der Waals surface area (Å²) in [7, 11) is 0. The minimum absolute atomic E-state index is 0.0292. The average Bonchev–Trinajstić information content (AvgIpc) is 3.18. The predicted molar refractivity (Wildman–Crippen MR) is 120 cm³/mol. The highest BCUT2D eigenvalue weighted by molar-refractivity contribution is 7.80. The number of thiocarbonyl (C=S) groups is 1. The van der Waals surface area contributed by atoms with Crippen LogP contribution in [0.15, 0.2) is 18.2 Å². The second kappa shape index (κ2) is 8.61. The first-order valence-corrected chi connectivity index (χ1v) is 11.2. The topological polar surface area (TPSA) is 65.1 Å². The van der Waals surface area contributed by atoms with Crippen LogP contribution >= 0.6 is 12.2 Å². The van der Waals surface area contributed by atoms with Crippen molar-refractivity contribution in [1.82, 2.24) is 15.1 Å². The van der Waals surface area contributed by atoms with E-state index >= 15 is 0 Å². The minimum atomic E-state index is -0.680. The fourth-order valence-corrected chi connectivity index (χ4v) is 4.92. The Bertz CT molecular complexity index is 851. The van der Waals surface area contributed by atoms with Crippen LogP contribution in [-0.2, 0) is 16.1 Å². The van der Waals surface area contributed by atoms with Crippen LogP contribution in [-0.4, -0.2) is 71.6 Å². The maximum Gasteiger partial charge on any atom is 0.338 e. The summed E-state index contributed by atoms with van der Waals surface area (Å²) in [5.74, 6) is -0.340. The summed E-state index contributed by atoms with van der Waals surface area (Å²) in [6.07, 6.45) is 3.28. The van der Waals surface area contributed by atoms with Gasteiger partial charge in [-0.15, -0.1) is 0 Å². The van der Waals surface area contributed by atoms with E-state index in [4.69, 9.17) is 17.0 Å². The second-order valence-corrected chi connectivity index (χ2v) is 9.07. The number of cyclic esters (lactones) is 1. The molecule has 1 aromatic rings. The van der Waals surface area contributed by atoms with Crippen molar-refractivity contribution in [2.75, 3.05) is 44.2 Å². The van der Waals surface area contributed by atoms with Gasteiger partial charge in [-0.25, -0.2) is 4.79 Å². The quantitative estimate of drug-likeness (QED) is 0.404. The Hall–Kier alpha value is -2.03. The first-order chi connectivity index (χ1) is 14.4. The Kier molecular flexibility index (Phi) is 6.09. The monoisotopic (exact) mass is 430 g/mol. The molecule has 0 spiro atoms. The SMILES string of the molecule is CC1(C)C(=O)N(c2ccc3c(c2)COC3=O)C(=S)N1CCCCCN1CCNCC1. The van der Waals surface area contributed by atoms with Crippen LogP contribution < -0.4 is 10.2 Å². The number of hydrogen-bond donors (Lipinski definition) is 1. The molecule has 0 radical (unpaired) electrons. The summed E-state index contributed by atoms with van der Waals surface area (Å²) in [4.78, 5) is 31.1. The molecule has 3 heterocycles. The molecular formula is C22H30N4O3S. The van der Waals surface area contributed by atoms with Gasteiger partial charge in [0.25, 0.3) is 5.91 Å². The van der Waals surface area contributed by atoms with Crippen molar-refractivity contribution < 1.29 is 14.3 Å². The normalized spacial score (nSPS) is 21.3. The molecule has 0 aromatic heterocycles. The van der Waals surface area contributed by atoms with Gasteiger partial charge in [0.15, 0.2) is 5.11 Å². The van der Waals surface area contributed by atoms with Crippen LogP contribution in [0, 0.1) is 0 Å². The smallest absolute Gasteiger partial charge is 0.338 e. The maximum absolute atomic E-state index is 13.2. The molecule has 30 heavy (non-hydrogen) atoms. The number of rotatable bonds is 7. The van der Waals surface area contributed by atoms with Crippen LogP contribution in [0.2, 0.25) is 0 Å². The molecule has 0 aliphatic carbocycles. The zero-order valence-corrected chi connectivity index (χ0v) is 18.6. The van der Waals surface area contributed by atoms with E-state index in [1.807, 2.05) is 24.8 Å². The number of amides is 1. The van der Waals surface area contributed by atoms with Crippen LogP contribution in [0.25, 0.3) is 0 Å². The maximum atomic E-state index is 13.2. The van der Waals surface area contributed by atoms with Gasteiger partial charge in [-0.3, -0.25) is 9.69 Å². The fourth-order valence-electron chi connectivity index (χ4n) is 4.41. The van der Waals surface area contributed by atoms with E-state index in [1.165, 1.54) is 0 Å². The number of carbonyl (C=O) groups is 2. The number of esters is 1. The lowest BCUT2D eigenvalue weighted by atomic mass is 10.0. The largest absolute Gasteiger partial charge is 0.457 e. The number of nitrogens with one attached hydrogen (secondary N) is 1. The molecule has 162 valence electrons. The van der Waals surface area contributed by atoms with E-state index < -0.39 is 5.54 Å². The highest BCUT2D eigenvalue weighted by Crippen LogP contribution is 2.34. The number of hydrogen-bond acceptors (Lipinski definition) is 6. The van der Waals surface area contributed by atoms with E-state index in [-0.39, 0.29) is 18.5 Å². The third kappa shape index (κ3) is 3.96. The summed E-state index contributed by atoms with van der Waals surface area (Å²) in [5, 5.41) is 3.92. The van der Waals surface area contributed by atoms with Gasteiger partial charge in [0.2, 0.25) is 0 Å².